The van der Waals surface area contributed by atoms with Crippen molar-refractivity contribution in [2.45, 2.75) is 46.6 Å². The highest BCUT2D eigenvalue weighted by Gasteiger charge is 2.14. The van der Waals surface area contributed by atoms with Gasteiger partial charge in [0.05, 0.1) is 12.1 Å². The van der Waals surface area contributed by atoms with Gasteiger partial charge in [-0.25, -0.2) is 4.98 Å². The van der Waals surface area contributed by atoms with Crippen molar-refractivity contribution < 1.29 is 4.79 Å². The van der Waals surface area contributed by atoms with Crippen LogP contribution in [0.4, 0.5) is 0 Å². The van der Waals surface area contributed by atoms with Crippen LogP contribution in [0.15, 0.2) is 10.9 Å². The molecule has 0 saturated carbocycles. The van der Waals surface area contributed by atoms with E-state index in [-0.39, 0.29) is 23.9 Å². The monoisotopic (exact) mass is 303 g/mol. The molecule has 2 heterocycles. The number of carbonyl (C=O) groups excluding carboxylic acids is 1. The average Bonchev–Trinajstić information content (AvgIpc) is 2.79. The molecule has 0 fully saturated rings. The summed E-state index contributed by atoms with van der Waals surface area (Å²) in [7, 11) is 0. The van der Waals surface area contributed by atoms with Crippen molar-refractivity contribution in [3.63, 3.8) is 0 Å². The largest absolute Gasteiger partial charge is 0.353 e. The lowest BCUT2D eigenvalue weighted by Gasteiger charge is -2.13. The van der Waals surface area contributed by atoms with E-state index in [4.69, 9.17) is 0 Å². The number of aryl methyl sites for hydroxylation is 3. The lowest BCUT2D eigenvalue weighted by Crippen LogP contribution is -2.36. The summed E-state index contributed by atoms with van der Waals surface area (Å²) in [5.41, 5.74) is 2.63. The second-order valence-electron chi connectivity index (χ2n) is 5.61. The van der Waals surface area contributed by atoms with Crippen molar-refractivity contribution >= 4 is 5.91 Å². The SMILES string of the molecule is Cc1cc(CC(C)NC(=O)Cc2c(C)nc(C)[nH]c2=O)n[nH]1. The van der Waals surface area contributed by atoms with Crippen LogP contribution in [-0.4, -0.2) is 32.1 Å². The quantitative estimate of drug-likeness (QED) is 0.756. The minimum absolute atomic E-state index is 0.0262. The zero-order valence-electron chi connectivity index (χ0n) is 13.3. The standard InChI is InChI=1S/C15H21N5O2/c1-8(5-12-6-9(2)19-20-12)16-14(21)7-13-10(3)17-11(4)18-15(13)22/h6,8H,5,7H2,1-4H3,(H,16,21)(H,19,20)(H,17,18,22). The summed E-state index contributed by atoms with van der Waals surface area (Å²) in [4.78, 5) is 30.8. The first-order valence-electron chi connectivity index (χ1n) is 7.21. The number of carbonyl (C=O) groups is 1. The Bertz CT molecular complexity index is 732. The van der Waals surface area contributed by atoms with Crippen molar-refractivity contribution in [1.29, 1.82) is 0 Å². The molecule has 118 valence electrons. The maximum absolute atomic E-state index is 12.1. The Morgan fingerprint density at radius 3 is 2.68 bits per heavy atom. The molecule has 0 aliphatic heterocycles. The van der Waals surface area contributed by atoms with Gasteiger partial charge in [0.2, 0.25) is 5.91 Å². The van der Waals surface area contributed by atoms with E-state index in [0.29, 0.717) is 23.5 Å². The smallest absolute Gasteiger partial charge is 0.254 e. The molecule has 7 nitrogen and oxygen atoms in total. The summed E-state index contributed by atoms with van der Waals surface area (Å²) in [6, 6.07) is 1.88. The lowest BCUT2D eigenvalue weighted by atomic mass is 10.1. The number of hydrogen-bond acceptors (Lipinski definition) is 4. The lowest BCUT2D eigenvalue weighted by molar-refractivity contribution is -0.121. The van der Waals surface area contributed by atoms with Crippen molar-refractivity contribution in [3.8, 4) is 0 Å². The van der Waals surface area contributed by atoms with Crippen LogP contribution in [0, 0.1) is 20.8 Å². The maximum atomic E-state index is 12.1. The van der Waals surface area contributed by atoms with Gasteiger partial charge in [-0.05, 0) is 33.8 Å². The molecule has 0 bridgehead atoms. The molecule has 2 aromatic heterocycles. The summed E-state index contributed by atoms with van der Waals surface area (Å²) < 4.78 is 0. The van der Waals surface area contributed by atoms with Crippen LogP contribution in [0.2, 0.25) is 0 Å². The fourth-order valence-electron chi connectivity index (χ4n) is 2.39. The van der Waals surface area contributed by atoms with E-state index in [2.05, 4.69) is 25.5 Å². The van der Waals surface area contributed by atoms with Gasteiger partial charge in [-0.2, -0.15) is 5.10 Å². The highest BCUT2D eigenvalue weighted by atomic mass is 16.2. The first-order valence-corrected chi connectivity index (χ1v) is 7.21. The number of aromatic nitrogens is 4. The minimum atomic E-state index is -0.254. The van der Waals surface area contributed by atoms with Crippen molar-refractivity contribution in [3.05, 3.63) is 44.9 Å². The Labute approximate surface area is 128 Å². The molecule has 2 rings (SSSR count). The van der Waals surface area contributed by atoms with Gasteiger partial charge in [-0.1, -0.05) is 0 Å². The van der Waals surface area contributed by atoms with Crippen molar-refractivity contribution in [2.75, 3.05) is 0 Å². The number of nitrogens with zero attached hydrogens (tertiary/aromatic N) is 2. The predicted molar refractivity (Wildman–Crippen MR) is 82.7 cm³/mol. The molecule has 0 saturated heterocycles. The second-order valence-corrected chi connectivity index (χ2v) is 5.61. The Morgan fingerprint density at radius 2 is 2.09 bits per heavy atom. The Balaban J connectivity index is 1.97. The van der Waals surface area contributed by atoms with Crippen LogP contribution in [0.5, 0.6) is 0 Å². The van der Waals surface area contributed by atoms with Crippen LogP contribution < -0.4 is 10.9 Å². The predicted octanol–water partition coefficient (Wildman–Crippen LogP) is 0.708. The van der Waals surface area contributed by atoms with Gasteiger partial charge >= 0.3 is 0 Å². The molecule has 3 N–H and O–H groups in total. The van der Waals surface area contributed by atoms with Crippen LogP contribution in [0.1, 0.15) is 35.4 Å². The molecule has 1 atom stereocenters. The zero-order valence-corrected chi connectivity index (χ0v) is 13.3. The molecular weight excluding hydrogens is 282 g/mol. The van der Waals surface area contributed by atoms with Gasteiger partial charge in [-0.3, -0.25) is 14.7 Å². The molecule has 0 aliphatic rings. The molecule has 0 aromatic carbocycles. The highest BCUT2D eigenvalue weighted by molar-refractivity contribution is 5.79. The Kier molecular flexibility index (Phi) is 4.75. The zero-order chi connectivity index (χ0) is 16.3. The third-order valence-electron chi connectivity index (χ3n) is 3.36. The molecule has 22 heavy (non-hydrogen) atoms. The molecule has 7 heteroatoms. The first-order chi connectivity index (χ1) is 10.3. The van der Waals surface area contributed by atoms with Crippen LogP contribution in [0.25, 0.3) is 0 Å². The maximum Gasteiger partial charge on any atom is 0.254 e. The van der Waals surface area contributed by atoms with E-state index in [0.717, 1.165) is 11.4 Å². The van der Waals surface area contributed by atoms with E-state index in [9.17, 15) is 9.59 Å². The molecular formula is C15H21N5O2. The first kappa shape index (κ1) is 15.9. The Morgan fingerprint density at radius 1 is 1.36 bits per heavy atom. The van der Waals surface area contributed by atoms with E-state index < -0.39 is 0 Å². The van der Waals surface area contributed by atoms with Gasteiger partial charge in [0, 0.05) is 29.4 Å². The molecule has 0 spiro atoms. The number of H-pyrrole nitrogens is 2. The molecule has 1 amide bonds. The van der Waals surface area contributed by atoms with Gasteiger partial charge in [-0.15, -0.1) is 0 Å². The van der Waals surface area contributed by atoms with Crippen LogP contribution in [0.3, 0.4) is 0 Å². The number of nitrogens with one attached hydrogen (secondary N) is 3. The summed E-state index contributed by atoms with van der Waals surface area (Å²) >= 11 is 0. The number of aromatic amines is 2. The summed E-state index contributed by atoms with van der Waals surface area (Å²) in [6.07, 6.45) is 0.663. The summed E-state index contributed by atoms with van der Waals surface area (Å²) in [6.45, 7) is 7.29. The van der Waals surface area contributed by atoms with E-state index >= 15 is 0 Å². The number of hydrogen-bond donors (Lipinski definition) is 3. The number of rotatable bonds is 5. The molecule has 0 radical (unpaired) electrons. The summed E-state index contributed by atoms with van der Waals surface area (Å²) in [5, 5.41) is 9.90. The highest BCUT2D eigenvalue weighted by Crippen LogP contribution is 2.03. The summed E-state index contributed by atoms with van der Waals surface area (Å²) in [5.74, 6) is 0.355. The minimum Gasteiger partial charge on any atom is -0.353 e. The molecule has 2 aromatic rings. The normalized spacial score (nSPS) is 12.2. The van der Waals surface area contributed by atoms with Gasteiger partial charge < -0.3 is 10.3 Å². The van der Waals surface area contributed by atoms with E-state index in [1.807, 2.05) is 19.9 Å². The topological polar surface area (TPSA) is 104 Å². The third-order valence-corrected chi connectivity index (χ3v) is 3.36. The van der Waals surface area contributed by atoms with Crippen LogP contribution in [-0.2, 0) is 17.6 Å². The van der Waals surface area contributed by atoms with Gasteiger partial charge in [0.15, 0.2) is 0 Å². The Hall–Kier alpha value is -2.44. The second kappa shape index (κ2) is 6.55. The fraction of sp³-hybridized carbons (Fsp3) is 0.467. The molecule has 0 aliphatic carbocycles. The number of amides is 1. The van der Waals surface area contributed by atoms with E-state index in [1.165, 1.54) is 0 Å². The average molecular weight is 303 g/mol. The van der Waals surface area contributed by atoms with Gasteiger partial charge in [0.25, 0.3) is 5.56 Å². The van der Waals surface area contributed by atoms with Crippen molar-refractivity contribution in [1.82, 2.24) is 25.5 Å². The molecule has 1 unspecified atom stereocenters. The van der Waals surface area contributed by atoms with Gasteiger partial charge in [0.1, 0.15) is 5.82 Å². The van der Waals surface area contributed by atoms with E-state index in [1.54, 1.807) is 13.8 Å². The third kappa shape index (κ3) is 4.03. The van der Waals surface area contributed by atoms with Crippen LogP contribution >= 0.6 is 0 Å². The fourth-order valence-corrected chi connectivity index (χ4v) is 2.39. The van der Waals surface area contributed by atoms with Crippen molar-refractivity contribution in [2.24, 2.45) is 0 Å².